The molecule has 2 aliphatic heterocycles. The number of rotatable bonds is 8. The zero-order chi connectivity index (χ0) is 33.9. The Morgan fingerprint density at radius 3 is 2.54 bits per heavy atom. The first-order chi connectivity index (χ1) is 21.4. The molecule has 252 valence electrons. The maximum atomic E-state index is 14.7. The van der Waals surface area contributed by atoms with Gasteiger partial charge in [-0.2, -0.15) is 4.39 Å². The predicted molar refractivity (Wildman–Crippen MR) is 183 cm³/mol. The molecule has 2 aromatic rings. The van der Waals surface area contributed by atoms with Crippen LogP contribution in [0, 0.1) is 11.9 Å². The fourth-order valence-corrected chi connectivity index (χ4v) is 6.78. The molecule has 4 rings (SSSR count). The SMILES string of the molecule is CC(C)(C)OC(=O)N1CC(CCC(NC2=NC(SNC(=O)c3ccc(C(C)(C)C)nc3F)CCC2)c2ccc(Cl)cn2)CC1(C)C. The van der Waals surface area contributed by atoms with Crippen LogP contribution in [0.5, 0.6) is 0 Å². The Kier molecular flexibility index (Phi) is 11.3. The molecular formula is C34H48ClFN6O3S. The summed E-state index contributed by atoms with van der Waals surface area (Å²) in [6, 6.07) is 6.82. The minimum Gasteiger partial charge on any atom is -0.444 e. The highest BCUT2D eigenvalue weighted by molar-refractivity contribution is 7.98. The van der Waals surface area contributed by atoms with Crippen molar-refractivity contribution in [1.82, 2.24) is 24.9 Å². The highest BCUT2D eigenvalue weighted by atomic mass is 35.5. The molecule has 0 aromatic carbocycles. The number of halogens is 2. The fraction of sp³-hybridized carbons (Fsp3) is 0.618. The number of amidine groups is 1. The van der Waals surface area contributed by atoms with Gasteiger partial charge in [0, 0.05) is 35.8 Å². The Balaban J connectivity index is 1.40. The van der Waals surface area contributed by atoms with Gasteiger partial charge in [-0.05, 0) is 109 Å². The van der Waals surface area contributed by atoms with Crippen LogP contribution < -0.4 is 10.0 Å². The number of carbonyl (C=O) groups excluding carboxylic acids is 2. The van der Waals surface area contributed by atoms with Crippen molar-refractivity contribution in [2.24, 2.45) is 10.9 Å². The second kappa shape index (κ2) is 14.5. The third kappa shape index (κ3) is 9.80. The second-order valence-electron chi connectivity index (χ2n) is 14.9. The van der Waals surface area contributed by atoms with E-state index in [0.29, 0.717) is 23.2 Å². The quantitative estimate of drug-likeness (QED) is 0.216. The third-order valence-corrected chi connectivity index (χ3v) is 9.34. The molecule has 2 aliphatic rings. The second-order valence-corrected chi connectivity index (χ2v) is 16.3. The van der Waals surface area contributed by atoms with Crippen LogP contribution in [-0.2, 0) is 10.2 Å². The van der Waals surface area contributed by atoms with Crippen molar-refractivity contribution in [2.75, 3.05) is 6.54 Å². The average molecular weight is 675 g/mol. The number of amides is 2. The molecular weight excluding hydrogens is 627 g/mol. The molecule has 2 N–H and O–H groups in total. The Morgan fingerprint density at radius 2 is 1.91 bits per heavy atom. The molecule has 9 nitrogen and oxygen atoms in total. The van der Waals surface area contributed by atoms with Crippen molar-refractivity contribution in [3.05, 3.63) is 58.4 Å². The van der Waals surface area contributed by atoms with Gasteiger partial charge < -0.3 is 15.0 Å². The van der Waals surface area contributed by atoms with Gasteiger partial charge in [-0.25, -0.2) is 9.78 Å². The summed E-state index contributed by atoms with van der Waals surface area (Å²) in [5.41, 5.74) is 0.183. The Labute approximate surface area is 282 Å². The Hall–Kier alpha value is -2.92. The van der Waals surface area contributed by atoms with E-state index < -0.39 is 17.5 Å². The Morgan fingerprint density at radius 1 is 1.17 bits per heavy atom. The highest BCUT2D eigenvalue weighted by Gasteiger charge is 2.43. The molecule has 3 unspecified atom stereocenters. The predicted octanol–water partition coefficient (Wildman–Crippen LogP) is 8.00. The smallest absolute Gasteiger partial charge is 0.410 e. The van der Waals surface area contributed by atoms with Crippen molar-refractivity contribution in [1.29, 1.82) is 0 Å². The first-order valence-corrected chi connectivity index (χ1v) is 17.3. The molecule has 2 amide bonds. The lowest BCUT2D eigenvalue weighted by atomic mass is 9.91. The van der Waals surface area contributed by atoms with E-state index in [0.717, 1.165) is 50.1 Å². The third-order valence-electron chi connectivity index (χ3n) is 8.20. The van der Waals surface area contributed by atoms with Gasteiger partial charge in [-0.15, -0.1) is 0 Å². The highest BCUT2D eigenvalue weighted by Crippen LogP contribution is 2.37. The number of aromatic nitrogens is 2. The van der Waals surface area contributed by atoms with E-state index in [-0.39, 0.29) is 34.0 Å². The maximum absolute atomic E-state index is 14.7. The Bertz CT molecular complexity index is 1420. The number of hydrogen-bond donors (Lipinski definition) is 2. The summed E-state index contributed by atoms with van der Waals surface area (Å²) < 4.78 is 23.1. The van der Waals surface area contributed by atoms with Crippen LogP contribution in [0.25, 0.3) is 0 Å². The van der Waals surface area contributed by atoms with Gasteiger partial charge in [0.05, 0.1) is 28.2 Å². The van der Waals surface area contributed by atoms with Crippen molar-refractivity contribution in [3.8, 4) is 0 Å². The summed E-state index contributed by atoms with van der Waals surface area (Å²) in [5.74, 6) is -0.172. The summed E-state index contributed by atoms with van der Waals surface area (Å²) >= 11 is 7.34. The van der Waals surface area contributed by atoms with Crippen molar-refractivity contribution < 1.29 is 18.7 Å². The summed E-state index contributed by atoms with van der Waals surface area (Å²) in [5, 5.41) is 3.97. The molecule has 0 aliphatic carbocycles. The number of carbonyl (C=O) groups is 2. The van der Waals surface area contributed by atoms with Gasteiger partial charge in [0.1, 0.15) is 11.0 Å². The van der Waals surface area contributed by atoms with Gasteiger partial charge >= 0.3 is 6.09 Å². The van der Waals surface area contributed by atoms with E-state index >= 15 is 0 Å². The summed E-state index contributed by atoms with van der Waals surface area (Å²) in [6.45, 7) is 16.3. The molecule has 1 saturated heterocycles. The summed E-state index contributed by atoms with van der Waals surface area (Å²) in [6.07, 6.45) is 6.34. The van der Waals surface area contributed by atoms with Gasteiger partial charge in [-0.1, -0.05) is 32.4 Å². The summed E-state index contributed by atoms with van der Waals surface area (Å²) in [4.78, 5) is 41.1. The lowest BCUT2D eigenvalue weighted by Gasteiger charge is -2.33. The monoisotopic (exact) mass is 674 g/mol. The van der Waals surface area contributed by atoms with Crippen LogP contribution in [0.15, 0.2) is 35.5 Å². The first-order valence-electron chi connectivity index (χ1n) is 16.0. The molecule has 12 heteroatoms. The van der Waals surface area contributed by atoms with Crippen LogP contribution in [0.1, 0.15) is 122 Å². The molecule has 0 bridgehead atoms. The lowest BCUT2D eigenvalue weighted by Crippen LogP contribution is -2.45. The van der Waals surface area contributed by atoms with E-state index in [2.05, 4.69) is 33.9 Å². The van der Waals surface area contributed by atoms with Gasteiger partial charge in [0.2, 0.25) is 5.95 Å². The first kappa shape index (κ1) is 35.9. The number of hydrogen-bond acceptors (Lipinski definition) is 8. The summed E-state index contributed by atoms with van der Waals surface area (Å²) in [7, 11) is 0. The maximum Gasteiger partial charge on any atom is 0.410 e. The largest absolute Gasteiger partial charge is 0.444 e. The fourth-order valence-electron chi connectivity index (χ4n) is 5.85. The van der Waals surface area contributed by atoms with Crippen LogP contribution in [0.3, 0.4) is 0 Å². The van der Waals surface area contributed by atoms with Gasteiger partial charge in [0.25, 0.3) is 5.91 Å². The number of pyridine rings is 2. The number of ether oxygens (including phenoxy) is 1. The van der Waals surface area contributed by atoms with Gasteiger partial charge in [-0.3, -0.25) is 19.5 Å². The van der Waals surface area contributed by atoms with Crippen molar-refractivity contribution >= 4 is 41.4 Å². The minimum atomic E-state index is -0.779. The molecule has 0 spiro atoms. The molecule has 0 saturated carbocycles. The molecule has 1 fully saturated rings. The van der Waals surface area contributed by atoms with E-state index in [9.17, 15) is 14.0 Å². The number of nitrogens with one attached hydrogen (secondary N) is 2. The van der Waals surface area contributed by atoms with Crippen LogP contribution in [0.2, 0.25) is 5.02 Å². The normalized spacial score (nSPS) is 20.6. The molecule has 0 radical (unpaired) electrons. The zero-order valence-electron chi connectivity index (χ0n) is 28.2. The minimum absolute atomic E-state index is 0.0900. The van der Waals surface area contributed by atoms with E-state index in [4.69, 9.17) is 21.3 Å². The zero-order valence-corrected chi connectivity index (χ0v) is 29.8. The van der Waals surface area contributed by atoms with E-state index in [1.165, 1.54) is 18.0 Å². The van der Waals surface area contributed by atoms with Crippen LogP contribution in [0.4, 0.5) is 9.18 Å². The molecule has 4 heterocycles. The van der Waals surface area contributed by atoms with E-state index in [1.807, 2.05) is 58.6 Å². The number of likely N-dealkylation sites (tertiary alicyclic amines) is 1. The lowest BCUT2D eigenvalue weighted by molar-refractivity contribution is 0.0130. The average Bonchev–Trinajstić information content (AvgIpc) is 3.27. The van der Waals surface area contributed by atoms with Crippen molar-refractivity contribution in [2.45, 2.75) is 122 Å². The van der Waals surface area contributed by atoms with Gasteiger partial charge in [0.15, 0.2) is 0 Å². The molecule has 3 atom stereocenters. The van der Waals surface area contributed by atoms with E-state index in [1.54, 1.807) is 12.3 Å². The molecule has 46 heavy (non-hydrogen) atoms. The number of aliphatic imine (C=N–C) groups is 1. The van der Waals surface area contributed by atoms with Crippen molar-refractivity contribution in [3.63, 3.8) is 0 Å². The number of nitrogens with zero attached hydrogens (tertiary/aromatic N) is 4. The topological polar surface area (TPSA) is 109 Å². The van der Waals surface area contributed by atoms with Crippen LogP contribution in [-0.4, -0.2) is 55.8 Å². The molecule has 2 aromatic heterocycles. The standard InChI is InChI=1S/C34H48ClFN6O3S/c1-32(2,3)26-17-14-23(29(36)39-26)30(43)41-46-28-11-9-10-27(40-28)38-25(24-16-13-22(35)19-37-24)15-12-21-18-34(7,8)42(20-21)31(44)45-33(4,5)6/h13-14,16-17,19,21,25,28H,9-12,15,18,20H2,1-8H3,(H,38,40)(H,41,43). The van der Waals surface area contributed by atoms with Crippen LogP contribution >= 0.6 is 23.5 Å².